The van der Waals surface area contributed by atoms with Crippen LogP contribution in [0.4, 0.5) is 0 Å². The van der Waals surface area contributed by atoms with Gasteiger partial charge in [-0.05, 0) is 83.5 Å². The average molecular weight is 661 g/mol. The molecule has 0 fully saturated rings. The number of para-hydroxylation sites is 4. The van der Waals surface area contributed by atoms with E-state index in [1.165, 1.54) is 65.3 Å². The van der Waals surface area contributed by atoms with Crippen LogP contribution in [0, 0.1) is 0 Å². The molecule has 52 heavy (non-hydrogen) atoms. The lowest BCUT2D eigenvalue weighted by Crippen LogP contribution is -1.93. The molecule has 0 saturated carbocycles. The Kier molecular flexibility index (Phi) is 5.53. The van der Waals surface area contributed by atoms with E-state index < -0.39 is 0 Å². The van der Waals surface area contributed by atoms with E-state index in [0.717, 1.165) is 55.0 Å². The zero-order chi connectivity index (χ0) is 33.9. The normalized spacial score (nSPS) is 12.2. The Hall–Kier alpha value is -6.90. The van der Waals surface area contributed by atoms with Crippen molar-refractivity contribution < 1.29 is 8.83 Å². The zero-order valence-electron chi connectivity index (χ0n) is 28.0. The monoisotopic (exact) mass is 660 g/mol. The van der Waals surface area contributed by atoms with Crippen LogP contribution in [0.15, 0.2) is 179 Å². The summed E-state index contributed by atoms with van der Waals surface area (Å²) in [6.07, 6.45) is 0. The van der Waals surface area contributed by atoms with Gasteiger partial charge in [0.05, 0.1) is 0 Å². The van der Waals surface area contributed by atoms with Gasteiger partial charge in [-0.2, -0.15) is 0 Å². The maximum atomic E-state index is 6.68. The Balaban J connectivity index is 1.24. The fraction of sp³-hybridized carbons (Fsp3) is 0. The summed E-state index contributed by atoms with van der Waals surface area (Å²) >= 11 is 0. The van der Waals surface area contributed by atoms with Crippen molar-refractivity contribution in [1.82, 2.24) is 0 Å². The summed E-state index contributed by atoms with van der Waals surface area (Å²) in [6.45, 7) is 0. The van der Waals surface area contributed by atoms with E-state index in [9.17, 15) is 0 Å². The van der Waals surface area contributed by atoms with Gasteiger partial charge in [0.2, 0.25) is 0 Å². The highest BCUT2D eigenvalue weighted by Gasteiger charge is 2.22. The second-order valence-corrected chi connectivity index (χ2v) is 13.9. The predicted molar refractivity (Wildman–Crippen MR) is 219 cm³/mol. The summed E-state index contributed by atoms with van der Waals surface area (Å²) in [6, 6.07) is 61.4. The molecule has 2 nitrogen and oxygen atoms in total. The number of fused-ring (bicyclic) bond motifs is 7. The summed E-state index contributed by atoms with van der Waals surface area (Å²) in [5.74, 6) is 0. The third kappa shape index (κ3) is 3.73. The van der Waals surface area contributed by atoms with E-state index >= 15 is 0 Å². The molecule has 0 bridgehead atoms. The number of hydrogen-bond donors (Lipinski definition) is 0. The van der Waals surface area contributed by atoms with E-state index in [1.54, 1.807) is 0 Å². The summed E-state index contributed by atoms with van der Waals surface area (Å²) in [5.41, 5.74) is 10.6. The second kappa shape index (κ2) is 10.3. The molecule has 12 aromatic rings. The van der Waals surface area contributed by atoms with Gasteiger partial charge in [-0.1, -0.05) is 152 Å². The van der Waals surface area contributed by atoms with Gasteiger partial charge in [0.25, 0.3) is 0 Å². The van der Waals surface area contributed by atoms with Crippen molar-refractivity contribution in [2.24, 2.45) is 0 Å². The Morgan fingerprint density at radius 1 is 0.250 bits per heavy atom. The third-order valence-electron chi connectivity index (χ3n) is 11.3. The standard InChI is InChI=1S/C50H28O2/c1-2-12-31-29(10-1)11-7-15-32(31)43-28-44(42-19-9-18-41-35-14-4-6-21-46(35)52-50(41)42)37-25-23-30-22-24-33(36-26-27-38(43)48(37)47(30)36)39-16-8-17-40-34-13-3-5-20-45(34)51-49(39)40/h1-28H. The molecule has 2 heteroatoms. The highest BCUT2D eigenvalue weighted by molar-refractivity contribution is 6.31. The lowest BCUT2D eigenvalue weighted by atomic mass is 9.83. The molecular formula is C50H28O2. The summed E-state index contributed by atoms with van der Waals surface area (Å²) in [5, 5.41) is 14.4. The Bertz CT molecular complexity index is 3410. The van der Waals surface area contributed by atoms with Crippen LogP contribution in [0.2, 0.25) is 0 Å². The lowest BCUT2D eigenvalue weighted by Gasteiger charge is -2.20. The molecule has 0 aliphatic rings. The highest BCUT2D eigenvalue weighted by Crippen LogP contribution is 2.49. The van der Waals surface area contributed by atoms with Crippen molar-refractivity contribution >= 4 is 87.0 Å². The van der Waals surface area contributed by atoms with Crippen LogP contribution in [0.5, 0.6) is 0 Å². The van der Waals surface area contributed by atoms with E-state index in [4.69, 9.17) is 8.83 Å². The average Bonchev–Trinajstić information content (AvgIpc) is 3.78. The fourth-order valence-corrected chi connectivity index (χ4v) is 8.96. The van der Waals surface area contributed by atoms with Gasteiger partial charge in [0.1, 0.15) is 22.3 Å². The van der Waals surface area contributed by atoms with Gasteiger partial charge in [-0.3, -0.25) is 0 Å². The van der Waals surface area contributed by atoms with E-state index in [2.05, 4.69) is 158 Å². The molecule has 0 radical (unpaired) electrons. The molecule has 0 aliphatic carbocycles. The van der Waals surface area contributed by atoms with Crippen LogP contribution < -0.4 is 0 Å². The Labute approximate surface area is 298 Å². The topological polar surface area (TPSA) is 26.3 Å². The number of benzene rings is 10. The molecule has 0 unspecified atom stereocenters. The SMILES string of the molecule is c1ccc2c(-c3cc(-c4cccc5c4oc4ccccc45)c4ccc5ccc(-c6cccc7c6oc6ccccc67)c6ccc3c4c56)cccc2c1. The summed E-state index contributed by atoms with van der Waals surface area (Å²) in [7, 11) is 0. The van der Waals surface area contributed by atoms with Crippen LogP contribution >= 0.6 is 0 Å². The highest BCUT2D eigenvalue weighted by atomic mass is 16.3. The number of hydrogen-bond acceptors (Lipinski definition) is 2. The van der Waals surface area contributed by atoms with E-state index in [0.29, 0.717) is 0 Å². The van der Waals surface area contributed by atoms with Gasteiger partial charge in [0.15, 0.2) is 0 Å². The fourth-order valence-electron chi connectivity index (χ4n) is 8.96. The van der Waals surface area contributed by atoms with Gasteiger partial charge < -0.3 is 8.83 Å². The predicted octanol–water partition coefficient (Wildman–Crippen LogP) is 14.5. The molecule has 0 atom stereocenters. The molecule has 240 valence electrons. The third-order valence-corrected chi connectivity index (χ3v) is 11.3. The maximum absolute atomic E-state index is 6.68. The summed E-state index contributed by atoms with van der Waals surface area (Å²) < 4.78 is 13.3. The molecular weight excluding hydrogens is 633 g/mol. The zero-order valence-corrected chi connectivity index (χ0v) is 28.0. The molecule has 0 spiro atoms. The Morgan fingerprint density at radius 3 is 1.42 bits per heavy atom. The van der Waals surface area contributed by atoms with Crippen molar-refractivity contribution in [2.45, 2.75) is 0 Å². The summed E-state index contributed by atoms with van der Waals surface area (Å²) in [4.78, 5) is 0. The minimum absolute atomic E-state index is 0.904. The van der Waals surface area contributed by atoms with Crippen molar-refractivity contribution in [2.75, 3.05) is 0 Å². The van der Waals surface area contributed by atoms with Crippen molar-refractivity contribution in [3.05, 3.63) is 170 Å². The van der Waals surface area contributed by atoms with Gasteiger partial charge in [-0.25, -0.2) is 0 Å². The Morgan fingerprint density at radius 2 is 0.712 bits per heavy atom. The number of furan rings is 2. The maximum Gasteiger partial charge on any atom is 0.143 e. The smallest absolute Gasteiger partial charge is 0.143 e. The molecule has 12 rings (SSSR count). The van der Waals surface area contributed by atoms with E-state index in [-0.39, 0.29) is 0 Å². The first-order chi connectivity index (χ1) is 25.8. The minimum Gasteiger partial charge on any atom is -0.455 e. The lowest BCUT2D eigenvalue weighted by molar-refractivity contribution is 0.669. The largest absolute Gasteiger partial charge is 0.455 e. The van der Waals surface area contributed by atoms with Gasteiger partial charge in [-0.15, -0.1) is 0 Å². The van der Waals surface area contributed by atoms with Crippen LogP contribution in [-0.4, -0.2) is 0 Å². The molecule has 0 N–H and O–H groups in total. The molecule has 0 saturated heterocycles. The van der Waals surface area contributed by atoms with Crippen molar-refractivity contribution in [3.63, 3.8) is 0 Å². The second-order valence-electron chi connectivity index (χ2n) is 13.9. The first-order valence-corrected chi connectivity index (χ1v) is 17.8. The van der Waals surface area contributed by atoms with Crippen LogP contribution in [-0.2, 0) is 0 Å². The molecule has 0 amide bonds. The number of rotatable bonds is 3. The molecule has 10 aromatic carbocycles. The first-order valence-electron chi connectivity index (χ1n) is 17.8. The van der Waals surface area contributed by atoms with Crippen molar-refractivity contribution in [1.29, 1.82) is 0 Å². The van der Waals surface area contributed by atoms with E-state index in [1.807, 2.05) is 12.1 Å². The van der Waals surface area contributed by atoms with Crippen molar-refractivity contribution in [3.8, 4) is 33.4 Å². The van der Waals surface area contributed by atoms with Gasteiger partial charge in [0, 0.05) is 32.7 Å². The van der Waals surface area contributed by atoms with Gasteiger partial charge >= 0.3 is 0 Å². The minimum atomic E-state index is 0.904. The van der Waals surface area contributed by atoms with Crippen LogP contribution in [0.25, 0.3) is 120 Å². The van der Waals surface area contributed by atoms with Crippen LogP contribution in [0.3, 0.4) is 0 Å². The van der Waals surface area contributed by atoms with Crippen LogP contribution in [0.1, 0.15) is 0 Å². The molecule has 0 aliphatic heterocycles. The first kappa shape index (κ1) is 27.9. The molecule has 2 aromatic heterocycles. The quantitative estimate of drug-likeness (QED) is 0.176. The molecule has 2 heterocycles.